The van der Waals surface area contributed by atoms with Crippen LogP contribution in [0.25, 0.3) is 10.1 Å². The van der Waals surface area contributed by atoms with Crippen molar-refractivity contribution in [2.24, 2.45) is 16.5 Å². The van der Waals surface area contributed by atoms with Crippen LogP contribution in [-0.2, 0) is 6.54 Å². The fraction of sp³-hybridized carbons (Fsp3) is 0.100. The zero-order chi connectivity index (χ0) is 10.8. The van der Waals surface area contributed by atoms with Crippen molar-refractivity contribution in [2.45, 2.75) is 6.54 Å². The second-order valence-corrected chi connectivity index (χ2v) is 4.41. The lowest BCUT2D eigenvalue weighted by Crippen LogP contribution is -2.22. The number of hydrogen-bond donors (Lipinski definition) is 2. The largest absolute Gasteiger partial charge is 0.370 e. The summed E-state index contributed by atoms with van der Waals surface area (Å²) in [5.41, 5.74) is 11.7. The molecule has 15 heavy (non-hydrogen) atoms. The zero-order valence-electron chi connectivity index (χ0n) is 7.90. The van der Waals surface area contributed by atoms with E-state index in [0.29, 0.717) is 6.54 Å². The lowest BCUT2D eigenvalue weighted by atomic mass is 10.2. The quantitative estimate of drug-likeness (QED) is 0.624. The minimum absolute atomic E-state index is 0.108. The molecule has 0 bridgehead atoms. The molecule has 0 unspecified atom stereocenters. The molecule has 1 aromatic carbocycles. The Hall–Kier alpha value is -1.26. The Labute approximate surface area is 96.4 Å². The number of benzene rings is 1. The fourth-order valence-corrected chi connectivity index (χ4v) is 2.65. The van der Waals surface area contributed by atoms with Gasteiger partial charge in [0, 0.05) is 0 Å². The number of rotatable bonds is 2. The highest BCUT2D eigenvalue weighted by molar-refractivity contribution is 7.18. The van der Waals surface area contributed by atoms with Gasteiger partial charge < -0.3 is 11.5 Å². The van der Waals surface area contributed by atoms with Crippen LogP contribution in [0.1, 0.15) is 5.56 Å². The number of hydrogen-bond acceptors (Lipinski definition) is 2. The molecule has 1 heterocycles. The summed E-state index contributed by atoms with van der Waals surface area (Å²) >= 11 is 7.67. The van der Waals surface area contributed by atoms with Gasteiger partial charge in [-0.1, -0.05) is 23.7 Å². The third-order valence-electron chi connectivity index (χ3n) is 2.06. The Morgan fingerprint density at radius 1 is 1.40 bits per heavy atom. The summed E-state index contributed by atoms with van der Waals surface area (Å²) in [4.78, 5) is 3.98. The zero-order valence-corrected chi connectivity index (χ0v) is 9.48. The van der Waals surface area contributed by atoms with E-state index in [9.17, 15) is 0 Å². The predicted molar refractivity (Wildman–Crippen MR) is 66.3 cm³/mol. The highest BCUT2D eigenvalue weighted by Crippen LogP contribution is 2.32. The van der Waals surface area contributed by atoms with Crippen LogP contribution in [0, 0.1) is 0 Å². The smallest absolute Gasteiger partial charge is 0.186 e. The Morgan fingerprint density at radius 2 is 2.20 bits per heavy atom. The number of fused-ring (bicyclic) bond motifs is 1. The molecule has 0 saturated carbocycles. The van der Waals surface area contributed by atoms with Gasteiger partial charge in [0.25, 0.3) is 0 Å². The maximum atomic E-state index is 6.06. The Kier molecular flexibility index (Phi) is 2.79. The van der Waals surface area contributed by atoms with Crippen molar-refractivity contribution < 1.29 is 0 Å². The van der Waals surface area contributed by atoms with Crippen LogP contribution in [0.5, 0.6) is 0 Å². The first-order chi connectivity index (χ1) is 7.18. The van der Waals surface area contributed by atoms with Gasteiger partial charge in [0.2, 0.25) is 0 Å². The number of guanidine groups is 1. The Balaban J connectivity index is 2.45. The van der Waals surface area contributed by atoms with E-state index in [4.69, 9.17) is 23.1 Å². The van der Waals surface area contributed by atoms with Crippen LogP contribution >= 0.6 is 22.9 Å². The number of aliphatic imine (C=N–C) groups is 1. The summed E-state index contributed by atoms with van der Waals surface area (Å²) < 4.78 is 1.08. The fourth-order valence-electron chi connectivity index (χ4n) is 1.37. The van der Waals surface area contributed by atoms with Crippen molar-refractivity contribution in [2.75, 3.05) is 0 Å². The van der Waals surface area contributed by atoms with Crippen molar-refractivity contribution in [3.63, 3.8) is 0 Å². The minimum Gasteiger partial charge on any atom is -0.370 e. The predicted octanol–water partition coefficient (Wildman–Crippen LogP) is 2.33. The minimum atomic E-state index is 0.108. The van der Waals surface area contributed by atoms with Gasteiger partial charge in [-0.05, 0) is 22.4 Å². The molecule has 2 rings (SSSR count). The summed E-state index contributed by atoms with van der Waals surface area (Å²) in [5.74, 6) is 0.108. The van der Waals surface area contributed by atoms with E-state index < -0.39 is 0 Å². The van der Waals surface area contributed by atoms with Crippen molar-refractivity contribution in [3.8, 4) is 0 Å². The standard InChI is InChI=1S/C10H10ClN3S/c11-8-3-1-2-7-6(4-14-10(12)13)5-15-9(7)8/h1-3,5H,4H2,(H4,12,13,14). The van der Waals surface area contributed by atoms with Crippen LogP contribution in [0.15, 0.2) is 28.6 Å². The molecule has 78 valence electrons. The monoisotopic (exact) mass is 239 g/mol. The molecule has 1 aromatic heterocycles. The van der Waals surface area contributed by atoms with Crippen LogP contribution in [-0.4, -0.2) is 5.96 Å². The molecule has 4 N–H and O–H groups in total. The summed E-state index contributed by atoms with van der Waals surface area (Å²) in [6.45, 7) is 0.503. The normalized spacial score (nSPS) is 10.5. The third kappa shape index (κ3) is 2.06. The molecule has 0 fully saturated rings. The first-order valence-electron chi connectivity index (χ1n) is 4.38. The highest BCUT2D eigenvalue weighted by atomic mass is 35.5. The lowest BCUT2D eigenvalue weighted by molar-refractivity contribution is 1.07. The third-order valence-corrected chi connectivity index (χ3v) is 3.57. The van der Waals surface area contributed by atoms with Crippen LogP contribution in [0.3, 0.4) is 0 Å². The number of nitrogens with two attached hydrogens (primary N) is 2. The molecular formula is C10H10ClN3S. The van der Waals surface area contributed by atoms with E-state index in [-0.39, 0.29) is 5.96 Å². The molecule has 5 heteroatoms. The van der Waals surface area contributed by atoms with Gasteiger partial charge in [0.15, 0.2) is 5.96 Å². The van der Waals surface area contributed by atoms with Crippen molar-refractivity contribution >= 4 is 39.0 Å². The SMILES string of the molecule is NC(N)=NCc1csc2c(Cl)cccc12. The molecule has 3 nitrogen and oxygen atoms in total. The second-order valence-electron chi connectivity index (χ2n) is 3.12. The lowest BCUT2D eigenvalue weighted by Gasteiger charge is -1.96. The van der Waals surface area contributed by atoms with Gasteiger partial charge in [-0.3, -0.25) is 0 Å². The van der Waals surface area contributed by atoms with Crippen LogP contribution < -0.4 is 11.5 Å². The van der Waals surface area contributed by atoms with Gasteiger partial charge in [0.1, 0.15) is 0 Å². The van der Waals surface area contributed by atoms with Crippen molar-refractivity contribution in [1.29, 1.82) is 0 Å². The summed E-state index contributed by atoms with van der Waals surface area (Å²) in [7, 11) is 0. The van der Waals surface area contributed by atoms with Gasteiger partial charge in [-0.2, -0.15) is 0 Å². The van der Waals surface area contributed by atoms with E-state index in [2.05, 4.69) is 4.99 Å². The average molecular weight is 240 g/mol. The maximum Gasteiger partial charge on any atom is 0.186 e. The highest BCUT2D eigenvalue weighted by Gasteiger charge is 2.05. The van der Waals surface area contributed by atoms with Crippen molar-refractivity contribution in [3.05, 3.63) is 34.2 Å². The van der Waals surface area contributed by atoms with Gasteiger partial charge in [-0.15, -0.1) is 11.3 Å². The molecule has 0 aliphatic carbocycles. The molecular weight excluding hydrogens is 230 g/mol. The van der Waals surface area contributed by atoms with Gasteiger partial charge in [-0.25, -0.2) is 4.99 Å². The average Bonchev–Trinajstić information content (AvgIpc) is 2.59. The van der Waals surface area contributed by atoms with Crippen LogP contribution in [0.2, 0.25) is 5.02 Å². The summed E-state index contributed by atoms with van der Waals surface area (Å²) in [6, 6.07) is 5.83. The van der Waals surface area contributed by atoms with E-state index >= 15 is 0 Å². The molecule has 0 aliphatic heterocycles. The van der Waals surface area contributed by atoms with Gasteiger partial charge in [0.05, 0.1) is 16.3 Å². The number of nitrogens with zero attached hydrogens (tertiary/aromatic N) is 1. The van der Waals surface area contributed by atoms with E-state index in [1.807, 2.05) is 23.6 Å². The topological polar surface area (TPSA) is 64.4 Å². The number of thiophene rings is 1. The van der Waals surface area contributed by atoms with Crippen LogP contribution in [0.4, 0.5) is 0 Å². The van der Waals surface area contributed by atoms with Crippen molar-refractivity contribution in [1.82, 2.24) is 0 Å². The molecule has 0 amide bonds. The first-order valence-corrected chi connectivity index (χ1v) is 5.64. The maximum absolute atomic E-state index is 6.06. The Morgan fingerprint density at radius 3 is 2.93 bits per heavy atom. The molecule has 0 aliphatic rings. The molecule has 2 aromatic rings. The van der Waals surface area contributed by atoms with Gasteiger partial charge >= 0.3 is 0 Å². The first kappa shape index (κ1) is 10.3. The summed E-state index contributed by atoms with van der Waals surface area (Å²) in [5, 5.41) is 3.93. The second kappa shape index (κ2) is 4.08. The van der Waals surface area contributed by atoms with E-state index in [1.165, 1.54) is 0 Å². The summed E-state index contributed by atoms with van der Waals surface area (Å²) in [6.07, 6.45) is 0. The van der Waals surface area contributed by atoms with E-state index in [1.54, 1.807) is 11.3 Å². The molecule has 0 radical (unpaired) electrons. The van der Waals surface area contributed by atoms with E-state index in [0.717, 1.165) is 20.7 Å². The number of halogens is 1. The molecule has 0 saturated heterocycles. The molecule has 0 spiro atoms. The molecule has 0 atom stereocenters. The Bertz CT molecular complexity index is 514.